The van der Waals surface area contributed by atoms with Gasteiger partial charge in [0.25, 0.3) is 0 Å². The highest BCUT2D eigenvalue weighted by atomic mass is 16.5. The van der Waals surface area contributed by atoms with E-state index in [-0.39, 0.29) is 6.04 Å². The molecule has 4 nitrogen and oxygen atoms in total. The summed E-state index contributed by atoms with van der Waals surface area (Å²) in [5.41, 5.74) is 5.43. The van der Waals surface area contributed by atoms with Crippen molar-refractivity contribution in [3.8, 4) is 17.2 Å². The van der Waals surface area contributed by atoms with Crippen molar-refractivity contribution >= 4 is 0 Å². The topological polar surface area (TPSA) is 39.7 Å². The molecule has 2 aromatic carbocycles. The first-order valence-electron chi connectivity index (χ1n) is 9.30. The second-order valence-corrected chi connectivity index (χ2v) is 6.86. The summed E-state index contributed by atoms with van der Waals surface area (Å²) in [6, 6.07) is 11.0. The molecule has 1 aliphatic carbocycles. The summed E-state index contributed by atoms with van der Waals surface area (Å²) in [7, 11) is 4.96. The number of hydrogen-bond acceptors (Lipinski definition) is 4. The Balaban J connectivity index is 1.74. The Bertz CT molecular complexity index is 757. The van der Waals surface area contributed by atoms with Gasteiger partial charge < -0.3 is 19.5 Å². The van der Waals surface area contributed by atoms with Gasteiger partial charge in [-0.1, -0.05) is 18.2 Å². The molecule has 0 spiro atoms. The van der Waals surface area contributed by atoms with Crippen LogP contribution in [0.1, 0.15) is 48.1 Å². The second kappa shape index (κ2) is 8.45. The molecule has 26 heavy (non-hydrogen) atoms. The van der Waals surface area contributed by atoms with Crippen molar-refractivity contribution in [3.63, 3.8) is 0 Å². The minimum atomic E-state index is 0.264. The maximum atomic E-state index is 5.52. The van der Waals surface area contributed by atoms with E-state index < -0.39 is 0 Å². The first-order chi connectivity index (χ1) is 12.7. The molecule has 0 saturated carbocycles. The van der Waals surface area contributed by atoms with E-state index in [1.165, 1.54) is 42.4 Å². The van der Waals surface area contributed by atoms with Gasteiger partial charge in [-0.05, 0) is 55.4 Å². The van der Waals surface area contributed by atoms with Gasteiger partial charge in [0.2, 0.25) is 0 Å². The smallest absolute Gasteiger partial charge is 0.164 e. The molecule has 0 radical (unpaired) electrons. The van der Waals surface area contributed by atoms with E-state index in [0.29, 0.717) is 18.0 Å². The third kappa shape index (κ3) is 3.96. The van der Waals surface area contributed by atoms with Crippen molar-refractivity contribution in [2.24, 2.45) is 0 Å². The Morgan fingerprint density at radius 1 is 0.846 bits per heavy atom. The number of ether oxygens (including phenoxy) is 3. The van der Waals surface area contributed by atoms with Crippen LogP contribution >= 0.6 is 0 Å². The lowest BCUT2D eigenvalue weighted by atomic mass is 9.89. The first-order valence-corrected chi connectivity index (χ1v) is 9.30. The Labute approximate surface area is 156 Å². The molecule has 0 aromatic heterocycles. The van der Waals surface area contributed by atoms with Crippen LogP contribution in [0.3, 0.4) is 0 Å². The van der Waals surface area contributed by atoms with Gasteiger partial charge in [-0.3, -0.25) is 0 Å². The number of nitrogens with one attached hydrogen (secondary N) is 1. The van der Waals surface area contributed by atoms with Crippen molar-refractivity contribution in [2.75, 3.05) is 21.3 Å². The van der Waals surface area contributed by atoms with Crippen LogP contribution in [0.15, 0.2) is 30.3 Å². The molecule has 140 valence electrons. The molecule has 0 amide bonds. The predicted molar refractivity (Wildman–Crippen MR) is 104 cm³/mol. The summed E-state index contributed by atoms with van der Waals surface area (Å²) in [6.07, 6.45) is 5.06. The zero-order valence-corrected chi connectivity index (χ0v) is 16.2. The van der Waals surface area contributed by atoms with E-state index in [1.807, 2.05) is 12.1 Å². The lowest BCUT2D eigenvalue weighted by Gasteiger charge is -2.21. The molecule has 3 rings (SSSR count). The van der Waals surface area contributed by atoms with E-state index in [1.54, 1.807) is 21.3 Å². The monoisotopic (exact) mass is 355 g/mol. The highest BCUT2D eigenvalue weighted by Crippen LogP contribution is 2.35. The van der Waals surface area contributed by atoms with Crippen molar-refractivity contribution in [3.05, 3.63) is 52.6 Å². The maximum Gasteiger partial charge on any atom is 0.164 e. The van der Waals surface area contributed by atoms with Gasteiger partial charge in [0, 0.05) is 24.2 Å². The quantitative estimate of drug-likeness (QED) is 0.797. The number of aryl methyl sites for hydroxylation is 2. The summed E-state index contributed by atoms with van der Waals surface area (Å²) in [5.74, 6) is 2.19. The fourth-order valence-corrected chi connectivity index (χ4v) is 3.63. The van der Waals surface area contributed by atoms with E-state index in [0.717, 1.165) is 11.3 Å². The van der Waals surface area contributed by atoms with Crippen LogP contribution in [-0.4, -0.2) is 21.3 Å². The summed E-state index contributed by atoms with van der Waals surface area (Å²) >= 11 is 0. The summed E-state index contributed by atoms with van der Waals surface area (Å²) in [4.78, 5) is 0. The Hall–Kier alpha value is -2.20. The molecular formula is C22H29NO3. The van der Waals surface area contributed by atoms with Crippen molar-refractivity contribution < 1.29 is 14.2 Å². The van der Waals surface area contributed by atoms with Crippen molar-refractivity contribution in [1.29, 1.82) is 0 Å². The Morgan fingerprint density at radius 2 is 1.50 bits per heavy atom. The van der Waals surface area contributed by atoms with E-state index in [4.69, 9.17) is 14.2 Å². The summed E-state index contributed by atoms with van der Waals surface area (Å²) < 4.78 is 16.3. The normalized spacial score (nSPS) is 14.5. The standard InChI is InChI=1S/C22H29NO3/c1-15(17-10-9-16-7-5-6-8-18(16)11-17)23-14-19-12-21(25-3)22(26-4)13-20(19)24-2/h9-13,15,23H,5-8,14H2,1-4H3. The Kier molecular flexibility index (Phi) is 6.04. The zero-order chi connectivity index (χ0) is 18.5. The first kappa shape index (κ1) is 18.6. The number of rotatable bonds is 7. The summed E-state index contributed by atoms with van der Waals surface area (Å²) in [5, 5.41) is 3.61. The summed E-state index contributed by atoms with van der Waals surface area (Å²) in [6.45, 7) is 2.90. The molecule has 2 aromatic rings. The highest BCUT2D eigenvalue weighted by molar-refractivity contribution is 5.50. The molecule has 1 atom stereocenters. The SMILES string of the molecule is COc1cc(OC)c(OC)cc1CNC(C)c1ccc2c(c1)CCCC2. The Morgan fingerprint density at radius 3 is 2.19 bits per heavy atom. The van der Waals surface area contributed by atoms with Crippen molar-refractivity contribution in [2.45, 2.75) is 45.2 Å². The molecule has 0 aliphatic heterocycles. The zero-order valence-electron chi connectivity index (χ0n) is 16.2. The van der Waals surface area contributed by atoms with Crippen LogP contribution in [-0.2, 0) is 19.4 Å². The van der Waals surface area contributed by atoms with Crippen LogP contribution in [0, 0.1) is 0 Å². The van der Waals surface area contributed by atoms with E-state index in [2.05, 4.69) is 30.4 Å². The molecule has 0 saturated heterocycles. The van der Waals surface area contributed by atoms with Gasteiger partial charge >= 0.3 is 0 Å². The lowest BCUT2D eigenvalue weighted by molar-refractivity contribution is 0.346. The van der Waals surface area contributed by atoms with E-state index in [9.17, 15) is 0 Å². The third-order valence-corrected chi connectivity index (χ3v) is 5.26. The van der Waals surface area contributed by atoms with Crippen LogP contribution in [0.2, 0.25) is 0 Å². The van der Waals surface area contributed by atoms with Gasteiger partial charge in [0.1, 0.15) is 5.75 Å². The average molecular weight is 355 g/mol. The molecule has 0 bridgehead atoms. The van der Waals surface area contributed by atoms with Crippen molar-refractivity contribution in [1.82, 2.24) is 5.32 Å². The third-order valence-electron chi connectivity index (χ3n) is 5.26. The predicted octanol–water partition coefficient (Wildman–Crippen LogP) is 4.44. The van der Waals surface area contributed by atoms with Gasteiger partial charge in [-0.15, -0.1) is 0 Å². The lowest BCUT2D eigenvalue weighted by Crippen LogP contribution is -2.19. The minimum absolute atomic E-state index is 0.264. The van der Waals surface area contributed by atoms with Crippen LogP contribution < -0.4 is 19.5 Å². The van der Waals surface area contributed by atoms with Gasteiger partial charge in [0.05, 0.1) is 21.3 Å². The fourth-order valence-electron chi connectivity index (χ4n) is 3.63. The average Bonchev–Trinajstić information content (AvgIpc) is 2.70. The molecule has 1 aliphatic rings. The van der Waals surface area contributed by atoms with Gasteiger partial charge in [-0.25, -0.2) is 0 Å². The molecular weight excluding hydrogens is 326 g/mol. The number of benzene rings is 2. The van der Waals surface area contributed by atoms with Gasteiger partial charge in [0.15, 0.2) is 11.5 Å². The second-order valence-electron chi connectivity index (χ2n) is 6.86. The van der Waals surface area contributed by atoms with Crippen LogP contribution in [0.25, 0.3) is 0 Å². The minimum Gasteiger partial charge on any atom is -0.496 e. The number of hydrogen-bond donors (Lipinski definition) is 1. The highest BCUT2D eigenvalue weighted by Gasteiger charge is 2.15. The molecule has 4 heteroatoms. The number of methoxy groups -OCH3 is 3. The molecule has 0 heterocycles. The van der Waals surface area contributed by atoms with Gasteiger partial charge in [-0.2, -0.15) is 0 Å². The number of fused-ring (bicyclic) bond motifs is 1. The molecule has 1 N–H and O–H groups in total. The maximum absolute atomic E-state index is 5.52. The van der Waals surface area contributed by atoms with Crippen LogP contribution in [0.4, 0.5) is 0 Å². The van der Waals surface area contributed by atoms with Crippen LogP contribution in [0.5, 0.6) is 17.2 Å². The fraction of sp³-hybridized carbons (Fsp3) is 0.455. The van der Waals surface area contributed by atoms with E-state index >= 15 is 0 Å². The largest absolute Gasteiger partial charge is 0.496 e. The molecule has 1 unspecified atom stereocenters. The molecule has 0 fully saturated rings.